The molecule has 108 valence electrons. The first-order chi connectivity index (χ1) is 8.66. The molecule has 0 bridgehead atoms. The zero-order valence-corrected chi connectivity index (χ0v) is 12.3. The zero-order valence-electron chi connectivity index (χ0n) is 12.3. The fourth-order valence-electron chi connectivity index (χ4n) is 1.51. The van der Waals surface area contributed by atoms with Crippen LogP contribution in [0.2, 0.25) is 0 Å². The van der Waals surface area contributed by atoms with Crippen molar-refractivity contribution in [2.75, 3.05) is 19.8 Å². The summed E-state index contributed by atoms with van der Waals surface area (Å²) in [7, 11) is 0. The van der Waals surface area contributed by atoms with Crippen molar-refractivity contribution in [2.45, 2.75) is 65.6 Å². The van der Waals surface area contributed by atoms with Crippen molar-refractivity contribution >= 4 is 5.97 Å². The summed E-state index contributed by atoms with van der Waals surface area (Å²) in [6.07, 6.45) is 4.35. The third-order valence-corrected chi connectivity index (χ3v) is 2.72. The number of hydrogen-bond acceptors (Lipinski definition) is 4. The minimum atomic E-state index is -1.21. The van der Waals surface area contributed by atoms with Crippen LogP contribution >= 0.6 is 0 Å². The van der Waals surface area contributed by atoms with E-state index in [2.05, 4.69) is 13.8 Å². The van der Waals surface area contributed by atoms with Gasteiger partial charge in [-0.25, -0.2) is 4.79 Å². The van der Waals surface area contributed by atoms with Crippen LogP contribution in [0.5, 0.6) is 0 Å². The van der Waals surface area contributed by atoms with Gasteiger partial charge in [-0.3, -0.25) is 0 Å². The molecular formula is C14H28O4. The lowest BCUT2D eigenvalue weighted by Gasteiger charge is -2.30. The molecule has 0 spiro atoms. The van der Waals surface area contributed by atoms with E-state index in [1.165, 1.54) is 0 Å². The van der Waals surface area contributed by atoms with Gasteiger partial charge in [-0.1, -0.05) is 33.6 Å². The molecule has 18 heavy (non-hydrogen) atoms. The van der Waals surface area contributed by atoms with Crippen LogP contribution in [0.4, 0.5) is 0 Å². The number of unbranched alkanes of at least 4 members (excludes halogenated alkanes) is 2. The van der Waals surface area contributed by atoms with E-state index in [1.807, 2.05) is 6.92 Å². The summed E-state index contributed by atoms with van der Waals surface area (Å²) in [4.78, 5) is 12.0. The molecular weight excluding hydrogens is 232 g/mol. The maximum Gasteiger partial charge on any atom is 0.366 e. The van der Waals surface area contributed by atoms with E-state index in [1.54, 1.807) is 6.92 Å². The van der Waals surface area contributed by atoms with Crippen molar-refractivity contribution in [3.8, 4) is 0 Å². The van der Waals surface area contributed by atoms with Gasteiger partial charge in [-0.05, 0) is 19.8 Å². The maximum absolute atomic E-state index is 12.0. The lowest BCUT2D eigenvalue weighted by Crippen LogP contribution is -2.45. The molecule has 0 aliphatic carbocycles. The number of rotatable bonds is 11. The number of carbonyl (C=O) groups is 1. The van der Waals surface area contributed by atoms with E-state index >= 15 is 0 Å². The molecule has 0 fully saturated rings. The third kappa shape index (κ3) is 5.83. The second-order valence-corrected chi connectivity index (χ2v) is 4.23. The number of ether oxygens (including phenoxy) is 3. The standard InChI is InChI=1S/C14H28O4/c1-5-9-11-17-14(7-3,13(15)16-8-4)18-12-10-6-2/h5-12H2,1-4H3. The molecule has 0 N–H and O–H groups in total. The van der Waals surface area contributed by atoms with E-state index in [0.29, 0.717) is 26.2 Å². The van der Waals surface area contributed by atoms with Gasteiger partial charge < -0.3 is 14.2 Å². The Hall–Kier alpha value is -0.610. The molecule has 0 aromatic heterocycles. The van der Waals surface area contributed by atoms with Crippen molar-refractivity contribution in [3.63, 3.8) is 0 Å². The van der Waals surface area contributed by atoms with Crippen LogP contribution in [0.3, 0.4) is 0 Å². The Balaban J connectivity index is 4.54. The lowest BCUT2D eigenvalue weighted by molar-refractivity contribution is -0.250. The number of esters is 1. The molecule has 0 aromatic carbocycles. The van der Waals surface area contributed by atoms with Gasteiger partial charge in [0, 0.05) is 6.42 Å². The first-order valence-electron chi connectivity index (χ1n) is 7.11. The van der Waals surface area contributed by atoms with Crippen LogP contribution in [0, 0.1) is 0 Å². The van der Waals surface area contributed by atoms with Gasteiger partial charge >= 0.3 is 5.97 Å². The van der Waals surface area contributed by atoms with Crippen molar-refractivity contribution in [1.29, 1.82) is 0 Å². The topological polar surface area (TPSA) is 44.8 Å². The highest BCUT2D eigenvalue weighted by molar-refractivity contribution is 5.77. The highest BCUT2D eigenvalue weighted by atomic mass is 16.7. The van der Waals surface area contributed by atoms with E-state index in [-0.39, 0.29) is 0 Å². The highest BCUT2D eigenvalue weighted by Gasteiger charge is 2.40. The quantitative estimate of drug-likeness (QED) is 0.325. The Labute approximate surface area is 111 Å². The first kappa shape index (κ1) is 17.4. The normalized spacial score (nSPS) is 11.6. The van der Waals surface area contributed by atoms with Gasteiger partial charge in [0.25, 0.3) is 5.79 Å². The Morgan fingerprint density at radius 3 is 1.78 bits per heavy atom. The van der Waals surface area contributed by atoms with E-state index in [9.17, 15) is 4.79 Å². The summed E-state index contributed by atoms with van der Waals surface area (Å²) in [6.45, 7) is 9.23. The molecule has 0 amide bonds. The average Bonchev–Trinajstić information content (AvgIpc) is 2.37. The SMILES string of the molecule is CCCCOC(CC)(OCCCC)C(=O)OCC. The minimum absolute atomic E-state index is 0.342. The van der Waals surface area contributed by atoms with Crippen LogP contribution < -0.4 is 0 Å². The second kappa shape index (κ2) is 10.3. The number of carbonyl (C=O) groups excluding carboxylic acids is 1. The van der Waals surface area contributed by atoms with Gasteiger partial charge in [-0.2, -0.15) is 0 Å². The van der Waals surface area contributed by atoms with Crippen molar-refractivity contribution in [3.05, 3.63) is 0 Å². The van der Waals surface area contributed by atoms with Gasteiger partial charge in [-0.15, -0.1) is 0 Å². The smallest absolute Gasteiger partial charge is 0.366 e. The Bertz CT molecular complexity index is 206. The fourth-order valence-corrected chi connectivity index (χ4v) is 1.51. The van der Waals surface area contributed by atoms with Gasteiger partial charge in [0.2, 0.25) is 0 Å². The monoisotopic (exact) mass is 260 g/mol. The molecule has 0 radical (unpaired) electrons. The lowest BCUT2D eigenvalue weighted by atomic mass is 10.2. The summed E-state index contributed by atoms with van der Waals surface area (Å²) in [6, 6.07) is 0. The van der Waals surface area contributed by atoms with Crippen LogP contribution in [0.1, 0.15) is 59.8 Å². The van der Waals surface area contributed by atoms with E-state index in [4.69, 9.17) is 14.2 Å². The molecule has 0 rings (SSSR count). The maximum atomic E-state index is 12.0. The molecule has 0 saturated carbocycles. The third-order valence-electron chi connectivity index (χ3n) is 2.72. The Kier molecular flexibility index (Phi) is 9.98. The Morgan fingerprint density at radius 1 is 0.944 bits per heavy atom. The van der Waals surface area contributed by atoms with Crippen LogP contribution in [0.15, 0.2) is 0 Å². The van der Waals surface area contributed by atoms with Crippen LogP contribution in [0.25, 0.3) is 0 Å². The highest BCUT2D eigenvalue weighted by Crippen LogP contribution is 2.21. The van der Waals surface area contributed by atoms with E-state index in [0.717, 1.165) is 25.7 Å². The zero-order chi connectivity index (χ0) is 13.9. The molecule has 0 aromatic rings. The van der Waals surface area contributed by atoms with Gasteiger partial charge in [0.05, 0.1) is 19.8 Å². The van der Waals surface area contributed by atoms with Gasteiger partial charge in [0.15, 0.2) is 0 Å². The average molecular weight is 260 g/mol. The van der Waals surface area contributed by atoms with Crippen LogP contribution in [-0.4, -0.2) is 31.6 Å². The van der Waals surface area contributed by atoms with E-state index < -0.39 is 11.8 Å². The van der Waals surface area contributed by atoms with Crippen molar-refractivity contribution < 1.29 is 19.0 Å². The molecule has 4 heteroatoms. The largest absolute Gasteiger partial charge is 0.462 e. The molecule has 0 aliphatic heterocycles. The Morgan fingerprint density at radius 2 is 1.44 bits per heavy atom. The number of hydrogen-bond donors (Lipinski definition) is 0. The molecule has 0 atom stereocenters. The van der Waals surface area contributed by atoms with Crippen LogP contribution in [-0.2, 0) is 19.0 Å². The van der Waals surface area contributed by atoms with Crippen molar-refractivity contribution in [1.82, 2.24) is 0 Å². The molecule has 0 heterocycles. The summed E-state index contributed by atoms with van der Waals surface area (Å²) in [5, 5.41) is 0. The molecule has 4 nitrogen and oxygen atoms in total. The summed E-state index contributed by atoms with van der Waals surface area (Å²) < 4.78 is 16.4. The molecule has 0 aliphatic rings. The summed E-state index contributed by atoms with van der Waals surface area (Å²) in [5.74, 6) is -1.61. The summed E-state index contributed by atoms with van der Waals surface area (Å²) >= 11 is 0. The predicted molar refractivity (Wildman–Crippen MR) is 71.4 cm³/mol. The predicted octanol–water partition coefficient (Wildman–Crippen LogP) is 3.29. The fraction of sp³-hybridized carbons (Fsp3) is 0.929. The molecule has 0 unspecified atom stereocenters. The summed E-state index contributed by atoms with van der Waals surface area (Å²) in [5.41, 5.74) is 0. The van der Waals surface area contributed by atoms with Crippen molar-refractivity contribution in [2.24, 2.45) is 0 Å². The molecule has 0 saturated heterocycles. The van der Waals surface area contributed by atoms with Gasteiger partial charge in [0.1, 0.15) is 0 Å². The second-order valence-electron chi connectivity index (χ2n) is 4.23. The minimum Gasteiger partial charge on any atom is -0.462 e. The first-order valence-corrected chi connectivity index (χ1v) is 7.11.